The summed E-state index contributed by atoms with van der Waals surface area (Å²) in [5.74, 6) is -0.836. The number of imide groups is 1. The van der Waals surface area contributed by atoms with Crippen molar-refractivity contribution in [3.63, 3.8) is 0 Å². The van der Waals surface area contributed by atoms with Crippen molar-refractivity contribution in [1.82, 2.24) is 5.32 Å². The molecule has 0 atom stereocenters. The lowest BCUT2D eigenvalue weighted by Gasteiger charge is -2.23. The van der Waals surface area contributed by atoms with Crippen molar-refractivity contribution in [2.45, 2.75) is 12.8 Å². The lowest BCUT2D eigenvalue weighted by Crippen LogP contribution is -2.38. The Bertz CT molecular complexity index is 974. The zero-order valence-corrected chi connectivity index (χ0v) is 12.9. The van der Waals surface area contributed by atoms with Crippen LogP contribution in [0.4, 0.5) is 0 Å². The lowest BCUT2D eigenvalue weighted by atomic mass is 9.87. The number of hydrogen-bond acceptors (Lipinski definition) is 3. The number of carbonyl (C=O) groups is 2. The van der Waals surface area contributed by atoms with E-state index < -0.39 is 5.91 Å². The summed E-state index contributed by atoms with van der Waals surface area (Å²) in [6.45, 7) is 0. The minimum Gasteiger partial charge on any atom is -0.511 e. The molecule has 1 heterocycles. The van der Waals surface area contributed by atoms with Crippen molar-refractivity contribution in [3.05, 3.63) is 76.6 Å². The topological polar surface area (TPSA) is 66.4 Å². The van der Waals surface area contributed by atoms with E-state index in [1.165, 1.54) is 0 Å². The zero-order valence-electron chi connectivity index (χ0n) is 12.9. The predicted molar refractivity (Wildman–Crippen MR) is 92.0 cm³/mol. The quantitative estimate of drug-likeness (QED) is 0.792. The molecule has 1 aliphatic heterocycles. The molecule has 4 nitrogen and oxygen atoms in total. The molecule has 0 spiro atoms. The van der Waals surface area contributed by atoms with Gasteiger partial charge >= 0.3 is 0 Å². The number of allylic oxidation sites excluding steroid dienone is 2. The molecule has 118 valence electrons. The van der Waals surface area contributed by atoms with E-state index >= 15 is 0 Å². The molecule has 4 rings (SSSR count). The maximum atomic E-state index is 11.9. The van der Waals surface area contributed by atoms with Crippen molar-refractivity contribution in [2.24, 2.45) is 0 Å². The van der Waals surface area contributed by atoms with Crippen LogP contribution in [0.2, 0.25) is 0 Å². The molecule has 0 aromatic heterocycles. The number of carbonyl (C=O) groups excluding carboxylic acids is 2. The fourth-order valence-corrected chi connectivity index (χ4v) is 3.31. The van der Waals surface area contributed by atoms with Crippen LogP contribution in [-0.4, -0.2) is 16.9 Å². The molecule has 0 unspecified atom stereocenters. The van der Waals surface area contributed by atoms with Crippen LogP contribution in [0, 0.1) is 0 Å². The van der Waals surface area contributed by atoms with Gasteiger partial charge in [-0.2, -0.15) is 0 Å². The van der Waals surface area contributed by atoms with Gasteiger partial charge in [0.15, 0.2) is 0 Å². The number of aliphatic hydroxyl groups is 1. The molecular weight excluding hydrogens is 302 g/mol. The largest absolute Gasteiger partial charge is 0.511 e. The zero-order chi connectivity index (χ0) is 16.7. The Kier molecular flexibility index (Phi) is 3.31. The molecule has 2 amide bonds. The predicted octanol–water partition coefficient (Wildman–Crippen LogP) is 3.41. The number of amides is 2. The van der Waals surface area contributed by atoms with E-state index in [2.05, 4.69) is 23.5 Å². The summed E-state index contributed by atoms with van der Waals surface area (Å²) < 4.78 is 0. The molecule has 0 saturated carbocycles. The molecule has 1 fully saturated rings. The summed E-state index contributed by atoms with van der Waals surface area (Å²) in [6, 6.07) is 14.1. The van der Waals surface area contributed by atoms with E-state index in [1.807, 2.05) is 36.4 Å². The van der Waals surface area contributed by atoms with Crippen LogP contribution in [0.25, 0.3) is 16.8 Å². The summed E-state index contributed by atoms with van der Waals surface area (Å²) in [7, 11) is 0. The highest BCUT2D eigenvalue weighted by Crippen LogP contribution is 2.33. The van der Waals surface area contributed by atoms with Gasteiger partial charge in [-0.3, -0.25) is 14.9 Å². The monoisotopic (exact) mass is 317 g/mol. The molecule has 1 saturated heterocycles. The van der Waals surface area contributed by atoms with E-state index in [-0.39, 0.29) is 30.1 Å². The Morgan fingerprint density at radius 1 is 1.00 bits per heavy atom. The molecule has 2 N–H and O–H groups in total. The first-order chi connectivity index (χ1) is 11.6. The molecule has 4 heteroatoms. The maximum Gasteiger partial charge on any atom is 0.261 e. The molecule has 0 radical (unpaired) electrons. The van der Waals surface area contributed by atoms with Gasteiger partial charge in [-0.15, -0.1) is 0 Å². The number of fused-ring (bicyclic) bond motifs is 2. The Balaban J connectivity index is 1.79. The number of hydrogen-bond donors (Lipinski definition) is 2. The van der Waals surface area contributed by atoms with Gasteiger partial charge < -0.3 is 5.11 Å². The maximum absolute atomic E-state index is 11.9. The van der Waals surface area contributed by atoms with E-state index in [1.54, 1.807) is 0 Å². The summed E-state index contributed by atoms with van der Waals surface area (Å²) in [6.07, 6.45) is 4.23. The molecule has 2 aliphatic rings. The highest BCUT2D eigenvalue weighted by atomic mass is 16.3. The summed E-state index contributed by atoms with van der Waals surface area (Å²) in [4.78, 5) is 23.5. The first-order valence-electron chi connectivity index (χ1n) is 7.77. The third-order valence-corrected chi connectivity index (χ3v) is 4.34. The van der Waals surface area contributed by atoms with Gasteiger partial charge in [0.1, 0.15) is 5.76 Å². The van der Waals surface area contributed by atoms with Crippen LogP contribution in [-0.2, 0) is 9.59 Å². The SMILES string of the molecule is O=C1CC2=CC(=Cc3cccc4ccccc34)CC(O)=C2C(=O)N1. The third kappa shape index (κ3) is 2.42. The number of piperidine rings is 1. The van der Waals surface area contributed by atoms with Crippen molar-refractivity contribution in [3.8, 4) is 0 Å². The van der Waals surface area contributed by atoms with E-state index in [9.17, 15) is 14.7 Å². The number of nitrogens with one attached hydrogen (secondary N) is 1. The van der Waals surface area contributed by atoms with Crippen molar-refractivity contribution < 1.29 is 14.7 Å². The van der Waals surface area contributed by atoms with Gasteiger partial charge in [0.25, 0.3) is 5.91 Å². The summed E-state index contributed by atoms with van der Waals surface area (Å²) >= 11 is 0. The lowest BCUT2D eigenvalue weighted by molar-refractivity contribution is -0.129. The molecule has 24 heavy (non-hydrogen) atoms. The average molecular weight is 317 g/mol. The standard InChI is InChI=1S/C20H15NO3/c22-17-10-12(9-15-11-18(23)21-20(24)19(15)17)8-14-6-3-5-13-4-1-2-7-16(13)14/h1-9,22H,10-11H2,(H,21,23,24). The second kappa shape index (κ2) is 5.49. The van der Waals surface area contributed by atoms with Crippen LogP contribution in [0.1, 0.15) is 18.4 Å². The molecule has 0 bridgehead atoms. The normalized spacial score (nSPS) is 19.3. The minimum absolute atomic E-state index is 0.0176. The van der Waals surface area contributed by atoms with Gasteiger partial charge in [0, 0.05) is 6.42 Å². The Morgan fingerprint density at radius 2 is 1.79 bits per heavy atom. The summed E-state index contributed by atoms with van der Waals surface area (Å²) in [5.41, 5.74) is 2.75. The molecule has 2 aromatic carbocycles. The van der Waals surface area contributed by atoms with E-state index in [0.717, 1.165) is 21.9 Å². The smallest absolute Gasteiger partial charge is 0.261 e. The van der Waals surface area contributed by atoms with Gasteiger partial charge in [-0.1, -0.05) is 54.6 Å². The number of benzene rings is 2. The first kappa shape index (κ1) is 14.5. The number of rotatable bonds is 1. The van der Waals surface area contributed by atoms with E-state index in [0.29, 0.717) is 5.57 Å². The second-order valence-electron chi connectivity index (χ2n) is 6.01. The summed E-state index contributed by atoms with van der Waals surface area (Å²) in [5, 5.41) is 14.8. The Morgan fingerprint density at radius 3 is 2.67 bits per heavy atom. The van der Waals surface area contributed by atoms with Gasteiger partial charge in [0.2, 0.25) is 5.91 Å². The molecule has 1 aliphatic carbocycles. The van der Waals surface area contributed by atoms with Crippen LogP contribution >= 0.6 is 0 Å². The van der Waals surface area contributed by atoms with Crippen molar-refractivity contribution in [1.29, 1.82) is 0 Å². The van der Waals surface area contributed by atoms with Crippen molar-refractivity contribution >= 4 is 28.7 Å². The van der Waals surface area contributed by atoms with Gasteiger partial charge in [-0.05, 0) is 27.5 Å². The fraction of sp³-hybridized carbons (Fsp3) is 0.100. The molecular formula is C20H15NO3. The van der Waals surface area contributed by atoms with Crippen molar-refractivity contribution in [2.75, 3.05) is 0 Å². The number of aliphatic hydroxyl groups excluding tert-OH is 1. The van der Waals surface area contributed by atoms with Gasteiger partial charge in [-0.25, -0.2) is 0 Å². The fourth-order valence-electron chi connectivity index (χ4n) is 3.31. The highest BCUT2D eigenvalue weighted by molar-refractivity contribution is 6.12. The van der Waals surface area contributed by atoms with E-state index in [4.69, 9.17) is 0 Å². The first-order valence-corrected chi connectivity index (χ1v) is 7.77. The minimum atomic E-state index is -0.515. The van der Waals surface area contributed by atoms with Crippen LogP contribution < -0.4 is 5.32 Å². The highest BCUT2D eigenvalue weighted by Gasteiger charge is 2.31. The van der Waals surface area contributed by atoms with Crippen LogP contribution in [0.15, 0.2) is 71.0 Å². The Hall–Kier alpha value is -3.14. The average Bonchev–Trinajstić information content (AvgIpc) is 2.54. The van der Waals surface area contributed by atoms with Gasteiger partial charge in [0.05, 0.1) is 12.0 Å². The second-order valence-corrected chi connectivity index (χ2v) is 6.01. The Labute approximate surface area is 138 Å². The van der Waals surface area contributed by atoms with Crippen LogP contribution in [0.3, 0.4) is 0 Å². The molecule has 2 aromatic rings. The third-order valence-electron chi connectivity index (χ3n) is 4.34. The van der Waals surface area contributed by atoms with Crippen LogP contribution in [0.5, 0.6) is 0 Å².